The molecule has 2 N–H and O–H groups in total. The van der Waals surface area contributed by atoms with Crippen molar-refractivity contribution < 1.29 is 32.6 Å². The number of rotatable bonds is 8. The van der Waals surface area contributed by atoms with Gasteiger partial charge in [0.15, 0.2) is 0 Å². The highest BCUT2D eigenvalue weighted by Crippen LogP contribution is 2.31. The molecule has 11 heteroatoms. The van der Waals surface area contributed by atoms with E-state index >= 15 is 0 Å². The number of ether oxygens (including phenoxy) is 1. The highest BCUT2D eigenvalue weighted by Gasteiger charge is 2.30. The van der Waals surface area contributed by atoms with Crippen LogP contribution in [0.15, 0.2) is 66.9 Å². The maximum Gasteiger partial charge on any atom is 0.416 e. The van der Waals surface area contributed by atoms with Gasteiger partial charge in [-0.1, -0.05) is 0 Å². The van der Waals surface area contributed by atoms with E-state index in [1.807, 2.05) is 28.8 Å². The minimum atomic E-state index is -4.41. The molecule has 0 bridgehead atoms. The number of benzene rings is 3. The Balaban J connectivity index is 1.14. The summed E-state index contributed by atoms with van der Waals surface area (Å²) in [5.41, 5.74) is 1.97. The number of halogens is 3. The zero-order valence-corrected chi connectivity index (χ0v) is 23.0. The van der Waals surface area contributed by atoms with Crippen molar-refractivity contribution >= 4 is 22.7 Å². The number of likely N-dealkylation sites (tertiary alicyclic amines) is 1. The minimum Gasteiger partial charge on any atom is -0.457 e. The molecule has 1 fully saturated rings. The molecule has 1 aromatic heterocycles. The van der Waals surface area contributed by atoms with E-state index in [4.69, 9.17) is 9.84 Å². The highest BCUT2D eigenvalue weighted by molar-refractivity contribution is 6.00. The van der Waals surface area contributed by atoms with Crippen LogP contribution in [0, 0.1) is 12.8 Å². The second-order valence-corrected chi connectivity index (χ2v) is 10.4. The quantitative estimate of drug-likeness (QED) is 0.290. The number of carbonyl (C=O) groups excluding carboxylic acids is 2. The second-order valence-electron chi connectivity index (χ2n) is 10.4. The lowest BCUT2D eigenvalue weighted by Crippen LogP contribution is -2.39. The Labute approximate surface area is 240 Å². The average Bonchev–Trinajstić information content (AvgIpc) is 3.40. The fraction of sp³-hybridized carbons (Fsp3) is 0.323. The van der Waals surface area contributed by atoms with Crippen LogP contribution in [0.1, 0.15) is 44.7 Å². The van der Waals surface area contributed by atoms with Gasteiger partial charge in [-0.15, -0.1) is 0 Å². The van der Waals surface area contributed by atoms with E-state index in [9.17, 15) is 22.8 Å². The van der Waals surface area contributed by atoms with Gasteiger partial charge in [-0.2, -0.15) is 18.3 Å². The molecule has 220 valence electrons. The summed E-state index contributed by atoms with van der Waals surface area (Å²) in [7, 11) is 0. The van der Waals surface area contributed by atoms with E-state index < -0.39 is 11.7 Å². The van der Waals surface area contributed by atoms with Crippen molar-refractivity contribution in [2.75, 3.05) is 26.2 Å². The monoisotopic (exact) mass is 580 g/mol. The standard InChI is InChI=1S/C31H31F3N4O4/c1-20-26(29(40)35-14-17-39)10-11-28-27(20)19-38(36-28)18-21-12-15-37(16-13-21)30(41)22-2-6-24(7-3-22)42-25-8-4-23(5-9-25)31(32,33)34/h2-11,19,21,39H,12-18H2,1H3,(H,35,40). The number of aryl methyl sites for hydroxylation is 1. The molecule has 0 spiro atoms. The van der Waals surface area contributed by atoms with Crippen LogP contribution < -0.4 is 10.1 Å². The molecule has 0 radical (unpaired) electrons. The van der Waals surface area contributed by atoms with Gasteiger partial charge in [-0.3, -0.25) is 14.3 Å². The first-order valence-electron chi connectivity index (χ1n) is 13.7. The van der Waals surface area contributed by atoms with Crippen molar-refractivity contribution in [1.82, 2.24) is 20.0 Å². The number of aliphatic hydroxyl groups excluding tert-OH is 1. The number of aromatic nitrogens is 2. The van der Waals surface area contributed by atoms with Crippen LogP contribution in [-0.2, 0) is 12.7 Å². The first-order valence-corrected chi connectivity index (χ1v) is 13.7. The summed E-state index contributed by atoms with van der Waals surface area (Å²) >= 11 is 0. The average molecular weight is 581 g/mol. The molecule has 1 saturated heterocycles. The number of nitrogens with one attached hydrogen (secondary N) is 1. The Morgan fingerprint density at radius 3 is 2.26 bits per heavy atom. The van der Waals surface area contributed by atoms with Crippen molar-refractivity contribution in [1.29, 1.82) is 0 Å². The van der Waals surface area contributed by atoms with Crippen LogP contribution in [0.3, 0.4) is 0 Å². The Hall–Kier alpha value is -4.38. The Morgan fingerprint density at radius 2 is 1.64 bits per heavy atom. The van der Waals surface area contributed by atoms with Crippen LogP contribution in [0.25, 0.3) is 10.9 Å². The van der Waals surface area contributed by atoms with E-state index in [0.29, 0.717) is 42.4 Å². The number of alkyl halides is 3. The minimum absolute atomic E-state index is 0.0815. The SMILES string of the molecule is Cc1c(C(=O)NCCO)ccc2nn(CC3CCN(C(=O)c4ccc(Oc5ccc(C(F)(F)F)cc5)cc4)CC3)cc12. The fourth-order valence-corrected chi connectivity index (χ4v) is 5.16. The molecule has 0 unspecified atom stereocenters. The van der Waals surface area contributed by atoms with Crippen LogP contribution in [0.2, 0.25) is 0 Å². The van der Waals surface area contributed by atoms with Gasteiger partial charge in [0, 0.05) is 48.9 Å². The molecule has 2 amide bonds. The molecule has 0 atom stereocenters. The number of amides is 2. The largest absolute Gasteiger partial charge is 0.457 e. The fourth-order valence-electron chi connectivity index (χ4n) is 5.16. The topological polar surface area (TPSA) is 96.7 Å². The lowest BCUT2D eigenvalue weighted by molar-refractivity contribution is -0.137. The number of hydrogen-bond donors (Lipinski definition) is 2. The lowest BCUT2D eigenvalue weighted by atomic mass is 9.96. The van der Waals surface area contributed by atoms with E-state index in [1.54, 1.807) is 30.3 Å². The molecule has 42 heavy (non-hydrogen) atoms. The van der Waals surface area contributed by atoms with Crippen molar-refractivity contribution in [3.63, 3.8) is 0 Å². The van der Waals surface area contributed by atoms with Crippen molar-refractivity contribution in [3.8, 4) is 11.5 Å². The van der Waals surface area contributed by atoms with E-state index in [-0.39, 0.29) is 30.7 Å². The van der Waals surface area contributed by atoms with Gasteiger partial charge in [0.1, 0.15) is 11.5 Å². The van der Waals surface area contributed by atoms with E-state index in [0.717, 1.165) is 41.4 Å². The predicted octanol–water partition coefficient (Wildman–Crippen LogP) is 5.43. The van der Waals surface area contributed by atoms with Gasteiger partial charge in [0.2, 0.25) is 0 Å². The first kappa shape index (κ1) is 29.1. The van der Waals surface area contributed by atoms with Crippen molar-refractivity contribution in [3.05, 3.63) is 89.1 Å². The van der Waals surface area contributed by atoms with E-state index in [1.165, 1.54) is 12.1 Å². The lowest BCUT2D eigenvalue weighted by Gasteiger charge is -2.32. The van der Waals surface area contributed by atoms with Gasteiger partial charge in [-0.25, -0.2) is 0 Å². The Kier molecular flexibility index (Phi) is 8.49. The first-order chi connectivity index (χ1) is 20.1. The molecule has 1 aliphatic heterocycles. The van der Waals surface area contributed by atoms with Gasteiger partial charge in [0.05, 0.1) is 17.7 Å². The summed E-state index contributed by atoms with van der Waals surface area (Å²) in [5, 5.41) is 17.2. The summed E-state index contributed by atoms with van der Waals surface area (Å²) in [6.45, 7) is 3.90. The summed E-state index contributed by atoms with van der Waals surface area (Å²) in [6, 6.07) is 14.6. The van der Waals surface area contributed by atoms with E-state index in [2.05, 4.69) is 10.4 Å². The molecule has 5 rings (SSSR count). The summed E-state index contributed by atoms with van der Waals surface area (Å²) in [5.74, 6) is 0.727. The third kappa shape index (κ3) is 6.57. The number of fused-ring (bicyclic) bond motifs is 1. The molecule has 0 saturated carbocycles. The van der Waals surface area contributed by atoms with Gasteiger partial charge in [0.25, 0.3) is 11.8 Å². The molecule has 4 aromatic rings. The summed E-state index contributed by atoms with van der Waals surface area (Å²) in [6.07, 6.45) is -0.802. The van der Waals surface area contributed by atoms with Crippen LogP contribution in [0.4, 0.5) is 13.2 Å². The maximum absolute atomic E-state index is 13.1. The highest BCUT2D eigenvalue weighted by atomic mass is 19.4. The summed E-state index contributed by atoms with van der Waals surface area (Å²) < 4.78 is 45.8. The molecular weight excluding hydrogens is 549 g/mol. The second kappa shape index (κ2) is 12.2. The number of hydrogen-bond acceptors (Lipinski definition) is 5. The maximum atomic E-state index is 13.1. The zero-order valence-electron chi connectivity index (χ0n) is 23.0. The number of carbonyl (C=O) groups is 2. The zero-order chi connectivity index (χ0) is 29.9. The van der Waals surface area contributed by atoms with Gasteiger partial charge in [-0.05, 0) is 91.9 Å². The van der Waals surface area contributed by atoms with Gasteiger partial charge < -0.3 is 20.1 Å². The molecule has 3 aromatic carbocycles. The molecule has 2 heterocycles. The number of aliphatic hydroxyl groups is 1. The van der Waals surface area contributed by atoms with Crippen molar-refractivity contribution in [2.24, 2.45) is 5.92 Å². The van der Waals surface area contributed by atoms with Crippen LogP contribution >= 0.6 is 0 Å². The molecular formula is C31H31F3N4O4. The Bertz CT molecular complexity index is 1560. The number of nitrogens with zero attached hydrogens (tertiary/aromatic N) is 3. The van der Waals surface area contributed by atoms with Gasteiger partial charge >= 0.3 is 6.18 Å². The normalized spacial score (nSPS) is 14.3. The van der Waals surface area contributed by atoms with Crippen LogP contribution in [0.5, 0.6) is 11.5 Å². The third-order valence-corrected chi connectivity index (χ3v) is 7.51. The van der Waals surface area contributed by atoms with Crippen molar-refractivity contribution in [2.45, 2.75) is 32.5 Å². The molecule has 8 nitrogen and oxygen atoms in total. The molecule has 1 aliphatic rings. The third-order valence-electron chi connectivity index (χ3n) is 7.51. The Morgan fingerprint density at radius 1 is 1.00 bits per heavy atom. The molecule has 0 aliphatic carbocycles. The number of piperidine rings is 1. The summed E-state index contributed by atoms with van der Waals surface area (Å²) in [4.78, 5) is 27.3. The predicted molar refractivity (Wildman–Crippen MR) is 150 cm³/mol. The van der Waals surface area contributed by atoms with Crippen LogP contribution in [-0.4, -0.2) is 57.8 Å². The smallest absolute Gasteiger partial charge is 0.416 e.